The minimum absolute atomic E-state index is 0.0695. The van der Waals surface area contributed by atoms with E-state index in [4.69, 9.17) is 23.2 Å². The van der Waals surface area contributed by atoms with Crippen LogP contribution in [0.1, 0.15) is 55.9 Å². The Hall–Kier alpha value is -1.59. The molecule has 1 atom stereocenters. The van der Waals surface area contributed by atoms with Gasteiger partial charge < -0.3 is 15.5 Å². The first-order chi connectivity index (χ1) is 13.5. The Labute approximate surface area is 182 Å². The summed E-state index contributed by atoms with van der Waals surface area (Å²) in [5.74, 6) is -0.00679. The average molecular weight is 438 g/mol. The van der Waals surface area contributed by atoms with Crippen LogP contribution in [0.3, 0.4) is 0 Å². The van der Waals surface area contributed by atoms with Crippen LogP contribution in [0.25, 0.3) is 0 Å². The molecule has 0 radical (unpaired) electrons. The Morgan fingerprint density at radius 1 is 1.17 bits per heavy atom. The Kier molecular flexibility index (Phi) is 8.12. The van der Waals surface area contributed by atoms with Gasteiger partial charge in [-0.15, -0.1) is 0 Å². The maximum absolute atomic E-state index is 12.6. The van der Waals surface area contributed by atoms with E-state index in [0.717, 1.165) is 16.7 Å². The van der Waals surface area contributed by atoms with Gasteiger partial charge in [-0.25, -0.2) is 0 Å². The maximum Gasteiger partial charge on any atom is 0.224 e. The molecule has 0 spiro atoms. The zero-order valence-electron chi connectivity index (χ0n) is 17.3. The molecule has 158 valence electrons. The zero-order chi connectivity index (χ0) is 21.8. The number of benzene rings is 2. The number of carbonyl (C=O) groups is 1. The van der Waals surface area contributed by atoms with Crippen molar-refractivity contribution in [3.63, 3.8) is 0 Å². The van der Waals surface area contributed by atoms with Crippen LogP contribution >= 0.6 is 23.2 Å². The van der Waals surface area contributed by atoms with E-state index in [2.05, 4.69) is 19.2 Å². The van der Waals surface area contributed by atoms with Crippen molar-refractivity contribution in [3.8, 4) is 0 Å². The minimum Gasteiger partial charge on any atom is -0.394 e. The van der Waals surface area contributed by atoms with Gasteiger partial charge in [0.15, 0.2) is 0 Å². The normalized spacial score (nSPS) is 12.9. The summed E-state index contributed by atoms with van der Waals surface area (Å²) in [6, 6.07) is 10.4. The van der Waals surface area contributed by atoms with Crippen LogP contribution in [-0.2, 0) is 23.2 Å². The smallest absolute Gasteiger partial charge is 0.224 e. The lowest BCUT2D eigenvalue weighted by Crippen LogP contribution is -2.40. The number of carbonyl (C=O) groups excluding carboxylic acids is 1. The van der Waals surface area contributed by atoms with Gasteiger partial charge in [0.25, 0.3) is 0 Å². The summed E-state index contributed by atoms with van der Waals surface area (Å²) in [6.07, 6.45) is 0.485. The zero-order valence-corrected chi connectivity index (χ0v) is 18.8. The van der Waals surface area contributed by atoms with Crippen LogP contribution in [0.15, 0.2) is 36.4 Å². The van der Waals surface area contributed by atoms with Gasteiger partial charge in [-0.2, -0.15) is 0 Å². The van der Waals surface area contributed by atoms with E-state index in [0.29, 0.717) is 22.0 Å². The van der Waals surface area contributed by atoms with Crippen LogP contribution in [-0.4, -0.2) is 28.8 Å². The highest BCUT2D eigenvalue weighted by Gasteiger charge is 2.25. The molecular formula is C23H29Cl2NO3. The van der Waals surface area contributed by atoms with Crippen LogP contribution in [0.4, 0.5) is 0 Å². The lowest BCUT2D eigenvalue weighted by Gasteiger charge is -2.27. The second kappa shape index (κ2) is 9.94. The summed E-state index contributed by atoms with van der Waals surface area (Å²) in [5.41, 5.74) is 2.45. The molecule has 0 saturated heterocycles. The Morgan fingerprint density at radius 3 is 2.45 bits per heavy atom. The summed E-state index contributed by atoms with van der Waals surface area (Å²) in [7, 11) is 0. The van der Waals surface area contributed by atoms with E-state index in [-0.39, 0.29) is 24.9 Å². The van der Waals surface area contributed by atoms with Crippen molar-refractivity contribution in [2.24, 2.45) is 0 Å². The van der Waals surface area contributed by atoms with Gasteiger partial charge in [0.2, 0.25) is 5.91 Å². The number of halogens is 2. The van der Waals surface area contributed by atoms with E-state index in [1.807, 2.05) is 18.2 Å². The molecule has 4 nitrogen and oxygen atoms in total. The van der Waals surface area contributed by atoms with Crippen molar-refractivity contribution in [1.82, 2.24) is 5.32 Å². The van der Waals surface area contributed by atoms with E-state index in [1.165, 1.54) is 0 Å². The third-order valence-corrected chi connectivity index (χ3v) is 5.49. The first kappa shape index (κ1) is 23.7. The van der Waals surface area contributed by atoms with Crippen molar-refractivity contribution in [1.29, 1.82) is 0 Å². The molecule has 0 bridgehead atoms. The van der Waals surface area contributed by atoms with Gasteiger partial charge >= 0.3 is 0 Å². The molecule has 0 saturated carbocycles. The van der Waals surface area contributed by atoms with Crippen molar-refractivity contribution in [2.45, 2.75) is 58.1 Å². The van der Waals surface area contributed by atoms with Crippen LogP contribution in [0, 0.1) is 0 Å². The summed E-state index contributed by atoms with van der Waals surface area (Å²) < 4.78 is 0. The maximum atomic E-state index is 12.6. The van der Waals surface area contributed by atoms with E-state index >= 15 is 0 Å². The van der Waals surface area contributed by atoms with Gasteiger partial charge in [-0.05, 0) is 66.6 Å². The highest BCUT2D eigenvalue weighted by atomic mass is 35.5. The molecule has 0 fully saturated rings. The summed E-state index contributed by atoms with van der Waals surface area (Å²) >= 11 is 12.1. The first-order valence-electron chi connectivity index (χ1n) is 9.71. The molecule has 0 aliphatic carbocycles. The van der Waals surface area contributed by atoms with Crippen LogP contribution in [0.5, 0.6) is 0 Å². The van der Waals surface area contributed by atoms with Gasteiger partial charge in [0, 0.05) is 10.0 Å². The van der Waals surface area contributed by atoms with E-state index in [1.54, 1.807) is 32.0 Å². The highest BCUT2D eigenvalue weighted by Crippen LogP contribution is 2.31. The molecule has 2 rings (SSSR count). The van der Waals surface area contributed by atoms with Crippen molar-refractivity contribution in [3.05, 3.63) is 68.7 Å². The van der Waals surface area contributed by atoms with Gasteiger partial charge in [-0.3, -0.25) is 4.79 Å². The van der Waals surface area contributed by atoms with Gasteiger partial charge in [0.05, 0.1) is 24.7 Å². The van der Waals surface area contributed by atoms with Crippen LogP contribution < -0.4 is 5.32 Å². The minimum atomic E-state index is -1.03. The third kappa shape index (κ3) is 6.45. The molecule has 0 aromatic heterocycles. The standard InChI is InChI=1S/C23H29Cl2NO3/c1-14(2)18-6-5-7-20(23(3,4)29)19(18)12-17(13-27)26-22(28)11-15-10-16(24)8-9-21(15)25/h5-10,14,17,27,29H,11-13H2,1-4H3,(H,26,28). The summed E-state index contributed by atoms with van der Waals surface area (Å²) in [5, 5.41) is 24.4. The number of nitrogens with one attached hydrogen (secondary N) is 1. The van der Waals surface area contributed by atoms with Gasteiger partial charge in [0.1, 0.15) is 0 Å². The number of hydrogen-bond acceptors (Lipinski definition) is 3. The fraction of sp³-hybridized carbons (Fsp3) is 0.435. The molecular weight excluding hydrogens is 409 g/mol. The first-order valence-corrected chi connectivity index (χ1v) is 10.5. The topological polar surface area (TPSA) is 69.6 Å². The largest absolute Gasteiger partial charge is 0.394 e. The summed E-state index contributed by atoms with van der Waals surface area (Å²) in [6.45, 7) is 7.43. The van der Waals surface area contributed by atoms with E-state index < -0.39 is 11.6 Å². The van der Waals surface area contributed by atoms with E-state index in [9.17, 15) is 15.0 Å². The fourth-order valence-corrected chi connectivity index (χ4v) is 3.86. The lowest BCUT2D eigenvalue weighted by atomic mass is 9.84. The number of hydrogen-bond donors (Lipinski definition) is 3. The second-order valence-electron chi connectivity index (χ2n) is 8.15. The third-order valence-electron chi connectivity index (χ3n) is 4.89. The molecule has 0 heterocycles. The number of aliphatic hydroxyl groups excluding tert-OH is 1. The molecule has 6 heteroatoms. The Morgan fingerprint density at radius 2 is 1.86 bits per heavy atom. The van der Waals surface area contributed by atoms with Crippen molar-refractivity contribution in [2.75, 3.05) is 6.61 Å². The molecule has 1 amide bonds. The second-order valence-corrected chi connectivity index (χ2v) is 8.99. The van der Waals surface area contributed by atoms with Gasteiger partial charge in [-0.1, -0.05) is 55.2 Å². The lowest BCUT2D eigenvalue weighted by molar-refractivity contribution is -0.121. The predicted octanol–water partition coefficient (Wildman–Crippen LogP) is 4.61. The number of amides is 1. The Bertz CT molecular complexity index is 860. The highest BCUT2D eigenvalue weighted by molar-refractivity contribution is 6.33. The fourth-order valence-electron chi connectivity index (χ4n) is 3.48. The number of aliphatic hydroxyl groups is 2. The SMILES string of the molecule is CC(C)c1cccc(C(C)(C)O)c1CC(CO)NC(=O)Cc1cc(Cl)ccc1Cl. The average Bonchev–Trinajstić information content (AvgIpc) is 2.63. The van der Waals surface area contributed by atoms with Crippen molar-refractivity contribution < 1.29 is 15.0 Å². The predicted molar refractivity (Wildman–Crippen MR) is 119 cm³/mol. The summed E-state index contributed by atoms with van der Waals surface area (Å²) in [4.78, 5) is 12.6. The monoisotopic (exact) mass is 437 g/mol. The van der Waals surface area contributed by atoms with Crippen molar-refractivity contribution >= 4 is 29.1 Å². The molecule has 29 heavy (non-hydrogen) atoms. The molecule has 3 N–H and O–H groups in total. The molecule has 2 aromatic carbocycles. The molecule has 1 unspecified atom stereocenters. The Balaban J connectivity index is 2.23. The molecule has 2 aromatic rings. The molecule has 0 aliphatic rings. The molecule has 0 aliphatic heterocycles. The van der Waals surface area contributed by atoms with Crippen LogP contribution in [0.2, 0.25) is 10.0 Å². The quantitative estimate of drug-likeness (QED) is 0.564. The number of rotatable bonds is 8.